The fourth-order valence-electron chi connectivity index (χ4n) is 1.42. The van der Waals surface area contributed by atoms with Gasteiger partial charge in [-0.25, -0.2) is 0 Å². The Morgan fingerprint density at radius 3 is 2.47 bits per heavy atom. The van der Waals surface area contributed by atoms with Crippen LogP contribution in [0, 0.1) is 0 Å². The highest BCUT2D eigenvalue weighted by Crippen LogP contribution is 2.18. The molecule has 7 nitrogen and oxygen atoms in total. The zero-order valence-electron chi connectivity index (χ0n) is 8.07. The second kappa shape index (κ2) is 4.67. The van der Waals surface area contributed by atoms with Gasteiger partial charge < -0.3 is 25.4 Å². The molecule has 0 aliphatic carbocycles. The number of aliphatic hydroxyl groups is 3. The molecule has 0 unspecified atom stereocenters. The first-order valence-corrected chi connectivity index (χ1v) is 4.41. The fraction of sp³-hybridized carbons (Fsp3) is 0.750. The number of nitrogens with one attached hydrogen (secondary N) is 1. The van der Waals surface area contributed by atoms with E-state index in [1.165, 1.54) is 6.92 Å². The number of ether oxygens (including phenoxy) is 1. The maximum absolute atomic E-state index is 10.7. The number of hydrogen-bond donors (Lipinski definition) is 4. The summed E-state index contributed by atoms with van der Waals surface area (Å²) < 4.78 is 4.76. The summed E-state index contributed by atoms with van der Waals surface area (Å²) in [5, 5.41) is 30.5. The van der Waals surface area contributed by atoms with Crippen LogP contribution in [0.1, 0.15) is 6.92 Å². The molecule has 1 rings (SSSR count). The molecule has 5 N–H and O–H groups in total. The SMILES string of the molecule is CC(=O)N[C@@H]1[C@@H](O)[C@H](O)[C@@H](C=[OH+])O[C@H]1O. The smallest absolute Gasteiger partial charge is 0.313 e. The number of hydrogen-bond acceptors (Lipinski definition) is 5. The molecule has 0 spiro atoms. The molecular formula is C8H14NO6+. The molecule has 1 fully saturated rings. The number of aldehydes is 1. The third-order valence-electron chi connectivity index (χ3n) is 2.18. The van der Waals surface area contributed by atoms with Gasteiger partial charge >= 0.3 is 6.29 Å². The molecule has 0 saturated carbocycles. The Balaban J connectivity index is 2.74. The molecule has 5 atom stereocenters. The average molecular weight is 220 g/mol. The number of carbonyl (C=O) groups excluding carboxylic acids is 2. The monoisotopic (exact) mass is 220 g/mol. The van der Waals surface area contributed by atoms with Crippen LogP contribution in [0.15, 0.2) is 0 Å². The Hall–Kier alpha value is -1.02. The fourth-order valence-corrected chi connectivity index (χ4v) is 1.42. The molecule has 1 saturated heterocycles. The van der Waals surface area contributed by atoms with Gasteiger partial charge in [0.2, 0.25) is 5.91 Å². The molecule has 0 radical (unpaired) electrons. The minimum Gasteiger partial charge on any atom is -0.388 e. The molecule has 86 valence electrons. The normalized spacial score (nSPS) is 40.9. The second-order valence-electron chi connectivity index (χ2n) is 3.35. The van der Waals surface area contributed by atoms with E-state index in [9.17, 15) is 20.1 Å². The third kappa shape index (κ3) is 2.51. The lowest BCUT2D eigenvalue weighted by atomic mass is 9.97. The van der Waals surface area contributed by atoms with Gasteiger partial charge in [0.1, 0.15) is 18.2 Å². The van der Waals surface area contributed by atoms with Crippen molar-refractivity contribution in [1.82, 2.24) is 5.32 Å². The summed E-state index contributed by atoms with van der Waals surface area (Å²) in [5.74, 6) is -0.472. The van der Waals surface area contributed by atoms with Crippen molar-refractivity contribution in [3.05, 3.63) is 0 Å². The Labute approximate surface area is 85.7 Å². The first kappa shape index (κ1) is 12.1. The van der Waals surface area contributed by atoms with Crippen LogP contribution in [0.2, 0.25) is 0 Å². The molecule has 1 heterocycles. The maximum Gasteiger partial charge on any atom is 0.313 e. The van der Waals surface area contributed by atoms with Crippen LogP contribution in [0.25, 0.3) is 0 Å². The van der Waals surface area contributed by atoms with Gasteiger partial charge in [0.15, 0.2) is 12.4 Å². The second-order valence-corrected chi connectivity index (χ2v) is 3.35. The van der Waals surface area contributed by atoms with E-state index in [-0.39, 0.29) is 0 Å². The molecule has 0 aromatic carbocycles. The summed E-state index contributed by atoms with van der Waals surface area (Å²) in [6.45, 7) is 1.20. The van der Waals surface area contributed by atoms with Crippen molar-refractivity contribution < 1.29 is 29.6 Å². The summed E-state index contributed by atoms with van der Waals surface area (Å²) in [4.78, 5) is 19.4. The van der Waals surface area contributed by atoms with E-state index < -0.39 is 36.6 Å². The molecule has 1 aliphatic rings. The van der Waals surface area contributed by atoms with E-state index in [0.717, 1.165) is 0 Å². The van der Waals surface area contributed by atoms with Crippen molar-refractivity contribution in [3.8, 4) is 0 Å². The van der Waals surface area contributed by atoms with Crippen molar-refractivity contribution >= 4 is 12.2 Å². The minimum atomic E-state index is -1.49. The lowest BCUT2D eigenvalue weighted by Crippen LogP contribution is -2.63. The van der Waals surface area contributed by atoms with Crippen LogP contribution < -0.4 is 5.32 Å². The molecule has 0 aromatic rings. The predicted molar refractivity (Wildman–Crippen MR) is 48.5 cm³/mol. The topological polar surface area (TPSA) is 120 Å². The Morgan fingerprint density at radius 2 is 2.00 bits per heavy atom. The zero-order chi connectivity index (χ0) is 11.6. The van der Waals surface area contributed by atoms with E-state index in [1.807, 2.05) is 0 Å². The Kier molecular flexibility index (Phi) is 3.75. The first-order chi connectivity index (χ1) is 6.97. The lowest BCUT2D eigenvalue weighted by molar-refractivity contribution is -0.229. The van der Waals surface area contributed by atoms with Crippen molar-refractivity contribution in [1.29, 1.82) is 0 Å². The van der Waals surface area contributed by atoms with E-state index >= 15 is 0 Å². The zero-order valence-corrected chi connectivity index (χ0v) is 8.07. The maximum atomic E-state index is 10.7. The molecule has 0 aromatic heterocycles. The van der Waals surface area contributed by atoms with E-state index in [4.69, 9.17) is 9.53 Å². The molecule has 7 heteroatoms. The van der Waals surface area contributed by atoms with Gasteiger partial charge in [-0.1, -0.05) is 0 Å². The van der Waals surface area contributed by atoms with Gasteiger partial charge in [0.25, 0.3) is 0 Å². The summed E-state index contributed by atoms with van der Waals surface area (Å²) in [6, 6.07) is -1.12. The van der Waals surface area contributed by atoms with Crippen molar-refractivity contribution in [2.45, 2.75) is 37.6 Å². The molecular weight excluding hydrogens is 206 g/mol. The minimum absolute atomic E-state index is 0.472. The number of carbonyl (C=O) groups is 1. The number of aliphatic hydroxyl groups excluding tert-OH is 3. The predicted octanol–water partition coefficient (Wildman–Crippen LogP) is -2.90. The van der Waals surface area contributed by atoms with Gasteiger partial charge in [0, 0.05) is 6.92 Å². The van der Waals surface area contributed by atoms with Crippen LogP contribution >= 0.6 is 0 Å². The van der Waals surface area contributed by atoms with Crippen molar-refractivity contribution in [2.75, 3.05) is 0 Å². The van der Waals surface area contributed by atoms with Crippen LogP contribution in [0.4, 0.5) is 0 Å². The van der Waals surface area contributed by atoms with Crippen LogP contribution in [0.5, 0.6) is 0 Å². The first-order valence-electron chi connectivity index (χ1n) is 4.41. The van der Waals surface area contributed by atoms with Gasteiger partial charge in [-0.05, 0) is 0 Å². The van der Waals surface area contributed by atoms with Crippen molar-refractivity contribution in [2.24, 2.45) is 0 Å². The number of rotatable bonds is 2. The standard InChI is InChI=1S/C8H13NO6/c1-3(11)9-5-7(13)6(12)4(2-10)15-8(5)14/h2,4-8,12-14H,1H3,(H,9,11)/p+1/t4-,5-,6-,7-,8-/m1/s1. The average Bonchev–Trinajstić information content (AvgIpc) is 2.18. The summed E-state index contributed by atoms with van der Waals surface area (Å²) in [6.07, 6.45) is -4.96. The molecule has 1 amide bonds. The van der Waals surface area contributed by atoms with E-state index in [0.29, 0.717) is 6.29 Å². The third-order valence-corrected chi connectivity index (χ3v) is 2.18. The Bertz CT molecular complexity index is 258. The van der Waals surface area contributed by atoms with Crippen LogP contribution in [-0.4, -0.2) is 63.0 Å². The molecule has 15 heavy (non-hydrogen) atoms. The van der Waals surface area contributed by atoms with Gasteiger partial charge in [-0.15, -0.1) is 0 Å². The largest absolute Gasteiger partial charge is 0.388 e. The van der Waals surface area contributed by atoms with Gasteiger partial charge in [0.05, 0.1) is 0 Å². The van der Waals surface area contributed by atoms with Gasteiger partial charge in [-0.2, -0.15) is 0 Å². The summed E-state index contributed by atoms with van der Waals surface area (Å²) in [5.41, 5.74) is 0. The summed E-state index contributed by atoms with van der Waals surface area (Å²) >= 11 is 0. The van der Waals surface area contributed by atoms with E-state index in [1.54, 1.807) is 0 Å². The highest BCUT2D eigenvalue weighted by molar-refractivity contribution is 5.73. The summed E-state index contributed by atoms with van der Waals surface area (Å²) in [7, 11) is 0. The molecule has 1 aliphatic heterocycles. The quantitative estimate of drug-likeness (QED) is 0.294. The lowest BCUT2D eigenvalue weighted by Gasteiger charge is -2.37. The van der Waals surface area contributed by atoms with Crippen LogP contribution in [0.3, 0.4) is 0 Å². The Morgan fingerprint density at radius 1 is 1.40 bits per heavy atom. The van der Waals surface area contributed by atoms with Crippen molar-refractivity contribution in [3.63, 3.8) is 0 Å². The van der Waals surface area contributed by atoms with E-state index in [2.05, 4.69) is 5.32 Å². The number of amides is 1. The van der Waals surface area contributed by atoms with Crippen LogP contribution in [-0.2, 0) is 9.53 Å². The van der Waals surface area contributed by atoms with Gasteiger partial charge in [-0.3, -0.25) is 9.59 Å². The highest BCUT2D eigenvalue weighted by Gasteiger charge is 2.45. The molecule has 0 bridgehead atoms. The highest BCUT2D eigenvalue weighted by atomic mass is 16.6.